The highest BCUT2D eigenvalue weighted by molar-refractivity contribution is 7.89. The summed E-state index contributed by atoms with van der Waals surface area (Å²) in [5, 5.41) is 3.42. The summed E-state index contributed by atoms with van der Waals surface area (Å²) >= 11 is 0. The molecule has 0 spiro atoms. The number of sulfonamides is 1. The van der Waals surface area contributed by atoms with Crippen LogP contribution in [0.1, 0.15) is 10.6 Å². The van der Waals surface area contributed by atoms with E-state index >= 15 is 0 Å². The minimum atomic E-state index is -3.77. The highest BCUT2D eigenvalue weighted by Gasteiger charge is 2.30. The van der Waals surface area contributed by atoms with Crippen molar-refractivity contribution < 1.29 is 22.4 Å². The Labute approximate surface area is 149 Å². The van der Waals surface area contributed by atoms with E-state index in [0.29, 0.717) is 18.9 Å². The number of benzene rings is 1. The minimum Gasteiger partial charge on any atom is -0.438 e. The summed E-state index contributed by atoms with van der Waals surface area (Å²) in [5.41, 5.74) is 1.55. The fourth-order valence-electron chi connectivity index (χ4n) is 2.82. The van der Waals surface area contributed by atoms with Gasteiger partial charge in [0.15, 0.2) is 5.76 Å². The average molecular weight is 375 g/mol. The van der Waals surface area contributed by atoms with Crippen LogP contribution in [0.15, 0.2) is 52.1 Å². The highest BCUT2D eigenvalue weighted by atomic mass is 32.2. The third-order valence-corrected chi connectivity index (χ3v) is 5.95. The van der Waals surface area contributed by atoms with E-state index < -0.39 is 15.9 Å². The number of fused-ring (bicyclic) bond motifs is 1. The van der Waals surface area contributed by atoms with E-state index in [4.69, 9.17) is 9.15 Å². The van der Waals surface area contributed by atoms with E-state index in [0.717, 1.165) is 10.9 Å². The van der Waals surface area contributed by atoms with Gasteiger partial charge >= 0.3 is 0 Å². The lowest BCUT2D eigenvalue weighted by Gasteiger charge is -2.24. The molecule has 0 atom stereocenters. The van der Waals surface area contributed by atoms with Crippen LogP contribution < -0.4 is 5.32 Å². The Hall–Kier alpha value is -2.62. The number of hydrogen-bond donors (Lipinski definition) is 2. The van der Waals surface area contributed by atoms with Crippen LogP contribution in [0.4, 0.5) is 5.69 Å². The summed E-state index contributed by atoms with van der Waals surface area (Å²) in [6.45, 7) is 1.21. The van der Waals surface area contributed by atoms with E-state index in [1.54, 1.807) is 6.07 Å². The fourth-order valence-corrected chi connectivity index (χ4v) is 4.14. The highest BCUT2D eigenvalue weighted by Crippen LogP contribution is 2.22. The molecule has 26 heavy (non-hydrogen) atoms. The second-order valence-corrected chi connectivity index (χ2v) is 7.74. The minimum absolute atomic E-state index is 0.0639. The molecule has 1 saturated heterocycles. The van der Waals surface area contributed by atoms with Gasteiger partial charge in [-0.2, -0.15) is 4.31 Å². The van der Waals surface area contributed by atoms with Crippen molar-refractivity contribution in [1.29, 1.82) is 0 Å². The number of H-pyrrole nitrogens is 1. The molecule has 1 aromatic carbocycles. The Morgan fingerprint density at radius 2 is 1.92 bits per heavy atom. The number of furan rings is 1. The van der Waals surface area contributed by atoms with Crippen molar-refractivity contribution >= 4 is 32.5 Å². The molecule has 3 aromatic rings. The summed E-state index contributed by atoms with van der Waals surface area (Å²) in [6, 6.07) is 9.97. The number of anilines is 1. The molecule has 0 unspecified atom stereocenters. The van der Waals surface area contributed by atoms with Crippen molar-refractivity contribution in [3.05, 3.63) is 48.4 Å². The van der Waals surface area contributed by atoms with Crippen LogP contribution in [0.25, 0.3) is 10.9 Å². The summed E-state index contributed by atoms with van der Waals surface area (Å²) in [4.78, 5) is 15.4. The molecule has 1 fully saturated rings. The first-order chi connectivity index (χ1) is 12.5. The number of ether oxygens (including phenoxy) is 1. The fraction of sp³-hybridized carbons (Fsp3) is 0.235. The number of aromatic nitrogens is 1. The van der Waals surface area contributed by atoms with Gasteiger partial charge in [0.05, 0.1) is 13.2 Å². The second-order valence-electron chi connectivity index (χ2n) is 5.87. The number of hydrogen-bond acceptors (Lipinski definition) is 5. The van der Waals surface area contributed by atoms with E-state index in [2.05, 4.69) is 10.3 Å². The van der Waals surface area contributed by atoms with Gasteiger partial charge in [0.2, 0.25) is 5.09 Å². The van der Waals surface area contributed by atoms with E-state index in [1.165, 1.54) is 16.4 Å². The van der Waals surface area contributed by atoms with Gasteiger partial charge in [-0.05, 0) is 36.4 Å². The van der Waals surface area contributed by atoms with Crippen molar-refractivity contribution in [1.82, 2.24) is 9.29 Å². The summed E-state index contributed by atoms with van der Waals surface area (Å²) in [5.74, 6) is -0.575. The molecule has 4 rings (SSSR count). The first-order valence-corrected chi connectivity index (χ1v) is 9.54. The largest absolute Gasteiger partial charge is 0.438 e. The maximum Gasteiger partial charge on any atom is 0.291 e. The Balaban J connectivity index is 1.52. The predicted molar refractivity (Wildman–Crippen MR) is 94.5 cm³/mol. The molecule has 0 saturated carbocycles. The number of amides is 1. The van der Waals surface area contributed by atoms with Crippen molar-refractivity contribution in [2.75, 3.05) is 31.6 Å². The third kappa shape index (κ3) is 3.12. The molecular weight excluding hydrogens is 358 g/mol. The zero-order valence-corrected chi connectivity index (χ0v) is 14.6. The number of nitrogens with one attached hydrogen (secondary N) is 2. The number of carbonyl (C=O) groups is 1. The Kier molecular flexibility index (Phi) is 4.27. The van der Waals surface area contributed by atoms with Crippen LogP contribution in [0.3, 0.4) is 0 Å². The van der Waals surface area contributed by atoms with Crippen LogP contribution in [0.2, 0.25) is 0 Å². The van der Waals surface area contributed by atoms with Gasteiger partial charge in [-0.1, -0.05) is 0 Å². The molecule has 136 valence electrons. The Morgan fingerprint density at radius 1 is 1.12 bits per heavy atom. The zero-order chi connectivity index (χ0) is 18.1. The maximum absolute atomic E-state index is 12.5. The van der Waals surface area contributed by atoms with Crippen molar-refractivity contribution in [2.45, 2.75) is 5.09 Å². The lowest BCUT2D eigenvalue weighted by molar-refractivity contribution is 0.0723. The van der Waals surface area contributed by atoms with E-state index in [9.17, 15) is 13.2 Å². The molecule has 2 N–H and O–H groups in total. The van der Waals surface area contributed by atoms with Gasteiger partial charge in [0.25, 0.3) is 15.9 Å². The smallest absolute Gasteiger partial charge is 0.291 e. The van der Waals surface area contributed by atoms with E-state index in [1.807, 2.05) is 24.4 Å². The van der Waals surface area contributed by atoms with Crippen molar-refractivity contribution in [3.63, 3.8) is 0 Å². The van der Waals surface area contributed by atoms with Gasteiger partial charge in [-0.3, -0.25) is 4.79 Å². The normalized spacial score (nSPS) is 16.0. The number of rotatable bonds is 4. The SMILES string of the molecule is O=C(Nc1ccc2[nH]ccc2c1)c1ccc(S(=O)(=O)N2CCOCC2)o1. The summed E-state index contributed by atoms with van der Waals surface area (Å²) in [7, 11) is -3.77. The monoisotopic (exact) mass is 375 g/mol. The van der Waals surface area contributed by atoms with Gasteiger partial charge in [0, 0.05) is 35.9 Å². The Bertz CT molecular complexity index is 1050. The topological polar surface area (TPSA) is 105 Å². The zero-order valence-electron chi connectivity index (χ0n) is 13.8. The first kappa shape index (κ1) is 16.8. The molecule has 9 heteroatoms. The molecule has 1 aliphatic rings. The number of aromatic amines is 1. The van der Waals surface area contributed by atoms with Gasteiger partial charge in [0.1, 0.15) is 0 Å². The van der Waals surface area contributed by atoms with Crippen molar-refractivity contribution in [3.8, 4) is 0 Å². The van der Waals surface area contributed by atoms with Crippen molar-refractivity contribution in [2.24, 2.45) is 0 Å². The molecule has 3 heterocycles. The molecule has 1 aliphatic heterocycles. The Morgan fingerprint density at radius 3 is 2.73 bits per heavy atom. The maximum atomic E-state index is 12.5. The van der Waals surface area contributed by atoms with E-state index in [-0.39, 0.29) is 23.9 Å². The molecule has 0 bridgehead atoms. The second kappa shape index (κ2) is 6.60. The summed E-state index contributed by atoms with van der Waals surface area (Å²) < 4.78 is 36.8. The van der Waals surface area contributed by atoms with Gasteiger partial charge < -0.3 is 19.5 Å². The number of nitrogens with zero attached hydrogens (tertiary/aromatic N) is 1. The van der Waals surface area contributed by atoms with Crippen LogP contribution in [0, 0.1) is 0 Å². The van der Waals surface area contributed by atoms with Crippen LogP contribution >= 0.6 is 0 Å². The number of morpholine rings is 1. The molecular formula is C17H17N3O5S. The molecule has 2 aromatic heterocycles. The van der Waals surface area contributed by atoms with Gasteiger partial charge in [-0.25, -0.2) is 8.42 Å². The van der Waals surface area contributed by atoms with Crippen LogP contribution in [-0.2, 0) is 14.8 Å². The quantitative estimate of drug-likeness (QED) is 0.726. The van der Waals surface area contributed by atoms with Crippen LogP contribution in [-0.4, -0.2) is 49.9 Å². The predicted octanol–water partition coefficient (Wildman–Crippen LogP) is 2.03. The molecule has 1 amide bonds. The molecule has 0 aliphatic carbocycles. The molecule has 0 radical (unpaired) electrons. The average Bonchev–Trinajstić information content (AvgIpc) is 3.32. The lowest BCUT2D eigenvalue weighted by atomic mass is 10.2. The van der Waals surface area contributed by atoms with Crippen LogP contribution in [0.5, 0.6) is 0 Å². The third-order valence-electron chi connectivity index (χ3n) is 4.18. The standard InChI is InChI=1S/C17H17N3O5S/c21-17(19-13-1-2-14-12(11-13)5-6-18-14)15-3-4-16(25-15)26(22,23)20-7-9-24-10-8-20/h1-6,11,18H,7-10H2,(H,19,21). The lowest BCUT2D eigenvalue weighted by Crippen LogP contribution is -2.40. The first-order valence-electron chi connectivity index (χ1n) is 8.10. The molecule has 8 nitrogen and oxygen atoms in total. The number of carbonyl (C=O) groups excluding carboxylic acids is 1. The van der Waals surface area contributed by atoms with Gasteiger partial charge in [-0.15, -0.1) is 0 Å². The summed E-state index contributed by atoms with van der Waals surface area (Å²) in [6.07, 6.45) is 1.81.